The Morgan fingerprint density at radius 1 is 1.40 bits per heavy atom. The lowest BCUT2D eigenvalue weighted by molar-refractivity contribution is -0.139. The monoisotopic (exact) mass is 213 g/mol. The fourth-order valence-corrected chi connectivity index (χ4v) is 2.40. The molecule has 0 aliphatic carbocycles. The summed E-state index contributed by atoms with van der Waals surface area (Å²) >= 11 is 0. The van der Waals surface area contributed by atoms with Crippen molar-refractivity contribution in [3.8, 4) is 0 Å². The van der Waals surface area contributed by atoms with E-state index in [2.05, 4.69) is 0 Å². The Morgan fingerprint density at radius 3 is 2.67 bits per heavy atom. The zero-order valence-corrected chi connectivity index (χ0v) is 8.57. The van der Waals surface area contributed by atoms with Crippen molar-refractivity contribution in [2.75, 3.05) is 26.3 Å². The molecule has 0 unspecified atom stereocenters. The molecule has 15 heavy (non-hydrogen) atoms. The molecule has 0 bridgehead atoms. The first-order valence-corrected chi connectivity index (χ1v) is 5.23. The first-order chi connectivity index (χ1) is 7.14. The average Bonchev–Trinajstić information content (AvgIpc) is 2.23. The highest BCUT2D eigenvalue weighted by Gasteiger charge is 2.44. The van der Waals surface area contributed by atoms with Crippen LogP contribution in [0, 0.1) is 5.41 Å². The second-order valence-corrected chi connectivity index (χ2v) is 4.27. The molecule has 2 aliphatic rings. The van der Waals surface area contributed by atoms with Gasteiger partial charge < -0.3 is 14.7 Å². The van der Waals surface area contributed by atoms with Crippen LogP contribution >= 0.6 is 0 Å². The average molecular weight is 213 g/mol. The summed E-state index contributed by atoms with van der Waals surface area (Å²) in [6, 6.07) is 0. The van der Waals surface area contributed by atoms with Crippen molar-refractivity contribution in [3.63, 3.8) is 0 Å². The molecule has 5 nitrogen and oxygen atoms in total. The SMILES string of the molecule is O=C(O)N1CCC(=O)C2(CCOCC2)C1. The number of hydrogen-bond donors (Lipinski definition) is 1. The van der Waals surface area contributed by atoms with Gasteiger partial charge in [0.1, 0.15) is 5.78 Å². The van der Waals surface area contributed by atoms with E-state index in [1.165, 1.54) is 4.90 Å². The highest BCUT2D eigenvalue weighted by Crippen LogP contribution is 2.36. The van der Waals surface area contributed by atoms with E-state index >= 15 is 0 Å². The maximum Gasteiger partial charge on any atom is 0.407 e. The third-order valence-corrected chi connectivity index (χ3v) is 3.41. The maximum absolute atomic E-state index is 11.9. The van der Waals surface area contributed by atoms with Gasteiger partial charge in [-0.05, 0) is 12.8 Å². The predicted molar refractivity (Wildman–Crippen MR) is 51.7 cm³/mol. The number of likely N-dealkylation sites (tertiary alicyclic amines) is 1. The van der Waals surface area contributed by atoms with Crippen LogP contribution in [0.2, 0.25) is 0 Å². The van der Waals surface area contributed by atoms with Gasteiger partial charge in [-0.2, -0.15) is 0 Å². The van der Waals surface area contributed by atoms with E-state index in [0.29, 0.717) is 45.6 Å². The van der Waals surface area contributed by atoms with Gasteiger partial charge in [0.05, 0.1) is 5.41 Å². The van der Waals surface area contributed by atoms with E-state index in [-0.39, 0.29) is 5.78 Å². The number of ether oxygens (including phenoxy) is 1. The molecule has 2 saturated heterocycles. The minimum atomic E-state index is -0.923. The third-order valence-electron chi connectivity index (χ3n) is 3.41. The summed E-state index contributed by atoms with van der Waals surface area (Å²) < 4.78 is 5.22. The summed E-state index contributed by atoms with van der Waals surface area (Å²) in [6.45, 7) is 1.83. The summed E-state index contributed by atoms with van der Waals surface area (Å²) in [5, 5.41) is 8.92. The molecular formula is C10H15NO4. The molecule has 2 heterocycles. The number of rotatable bonds is 0. The number of ketones is 1. The van der Waals surface area contributed by atoms with E-state index in [1.807, 2.05) is 0 Å². The summed E-state index contributed by atoms with van der Waals surface area (Å²) in [5.41, 5.74) is -0.450. The van der Waals surface area contributed by atoms with E-state index in [9.17, 15) is 9.59 Å². The second-order valence-electron chi connectivity index (χ2n) is 4.27. The van der Waals surface area contributed by atoms with Crippen LogP contribution in [0.5, 0.6) is 0 Å². The molecular weight excluding hydrogens is 198 g/mol. The predicted octanol–water partition coefficient (Wildman–Crippen LogP) is 0.736. The summed E-state index contributed by atoms with van der Waals surface area (Å²) in [6.07, 6.45) is 0.755. The Morgan fingerprint density at radius 2 is 2.07 bits per heavy atom. The number of nitrogens with zero attached hydrogens (tertiary/aromatic N) is 1. The quantitative estimate of drug-likeness (QED) is 0.644. The van der Waals surface area contributed by atoms with Gasteiger partial charge in [0.2, 0.25) is 0 Å². The van der Waals surface area contributed by atoms with Crippen molar-refractivity contribution in [2.24, 2.45) is 5.41 Å². The lowest BCUT2D eigenvalue weighted by Crippen LogP contribution is -2.53. The molecule has 2 rings (SSSR count). The van der Waals surface area contributed by atoms with E-state index in [0.717, 1.165) is 0 Å². The van der Waals surface area contributed by atoms with Crippen molar-refractivity contribution in [3.05, 3.63) is 0 Å². The summed E-state index contributed by atoms with van der Waals surface area (Å²) in [7, 11) is 0. The van der Waals surface area contributed by atoms with E-state index in [1.54, 1.807) is 0 Å². The fraction of sp³-hybridized carbons (Fsp3) is 0.800. The van der Waals surface area contributed by atoms with Gasteiger partial charge in [0.15, 0.2) is 0 Å². The topological polar surface area (TPSA) is 66.8 Å². The molecule has 0 saturated carbocycles. The van der Waals surface area contributed by atoms with Crippen LogP contribution in [0.3, 0.4) is 0 Å². The highest BCUT2D eigenvalue weighted by atomic mass is 16.5. The Hall–Kier alpha value is -1.10. The molecule has 5 heteroatoms. The van der Waals surface area contributed by atoms with Crippen LogP contribution in [0.4, 0.5) is 4.79 Å². The summed E-state index contributed by atoms with van der Waals surface area (Å²) in [4.78, 5) is 24.1. The van der Waals surface area contributed by atoms with Crippen molar-refractivity contribution in [1.82, 2.24) is 4.90 Å². The minimum Gasteiger partial charge on any atom is -0.465 e. The molecule has 2 fully saturated rings. The normalized spacial score (nSPS) is 25.6. The van der Waals surface area contributed by atoms with Crippen molar-refractivity contribution >= 4 is 11.9 Å². The van der Waals surface area contributed by atoms with Crippen molar-refractivity contribution in [2.45, 2.75) is 19.3 Å². The maximum atomic E-state index is 11.9. The molecule has 84 valence electrons. The standard InChI is InChI=1S/C10H15NO4/c12-8-1-4-11(9(13)14)7-10(8)2-5-15-6-3-10/h1-7H2,(H,13,14). The van der Waals surface area contributed by atoms with Crippen molar-refractivity contribution in [1.29, 1.82) is 0 Å². The number of carboxylic acid groups (broad SMARTS) is 1. The van der Waals surface area contributed by atoms with Gasteiger partial charge in [-0.1, -0.05) is 0 Å². The smallest absolute Gasteiger partial charge is 0.407 e. The lowest BCUT2D eigenvalue weighted by atomic mass is 9.73. The second kappa shape index (κ2) is 3.81. The van der Waals surface area contributed by atoms with Crippen LogP contribution in [-0.2, 0) is 9.53 Å². The molecule has 0 aromatic heterocycles. The third kappa shape index (κ3) is 1.84. The van der Waals surface area contributed by atoms with Gasteiger partial charge in [-0.15, -0.1) is 0 Å². The molecule has 0 aromatic rings. The van der Waals surface area contributed by atoms with E-state index < -0.39 is 11.5 Å². The molecule has 1 spiro atoms. The number of hydrogen-bond acceptors (Lipinski definition) is 3. The van der Waals surface area contributed by atoms with E-state index in [4.69, 9.17) is 9.84 Å². The molecule has 1 N–H and O–H groups in total. The van der Waals surface area contributed by atoms with Crippen LogP contribution < -0.4 is 0 Å². The number of carbonyl (C=O) groups excluding carboxylic acids is 1. The van der Waals surface area contributed by atoms with Gasteiger partial charge in [-0.25, -0.2) is 4.79 Å². The van der Waals surface area contributed by atoms with Crippen LogP contribution in [-0.4, -0.2) is 48.2 Å². The Bertz CT molecular complexity index is 283. The largest absolute Gasteiger partial charge is 0.465 e. The van der Waals surface area contributed by atoms with Gasteiger partial charge in [0.25, 0.3) is 0 Å². The molecule has 0 aromatic carbocycles. The highest BCUT2D eigenvalue weighted by molar-refractivity contribution is 5.87. The first kappa shape index (κ1) is 10.4. The van der Waals surface area contributed by atoms with Gasteiger partial charge in [0, 0.05) is 32.7 Å². The first-order valence-electron chi connectivity index (χ1n) is 5.23. The van der Waals surface area contributed by atoms with Crippen LogP contribution in [0.25, 0.3) is 0 Å². The Labute approximate surface area is 88.0 Å². The number of carbonyl (C=O) groups is 2. The Balaban J connectivity index is 2.13. The molecule has 0 radical (unpaired) electrons. The zero-order chi connectivity index (χ0) is 10.9. The number of piperidine rings is 1. The van der Waals surface area contributed by atoms with Crippen LogP contribution in [0.1, 0.15) is 19.3 Å². The number of amides is 1. The van der Waals surface area contributed by atoms with Gasteiger partial charge >= 0.3 is 6.09 Å². The van der Waals surface area contributed by atoms with Crippen LogP contribution in [0.15, 0.2) is 0 Å². The fourth-order valence-electron chi connectivity index (χ4n) is 2.40. The zero-order valence-electron chi connectivity index (χ0n) is 8.57. The van der Waals surface area contributed by atoms with Crippen molar-refractivity contribution < 1.29 is 19.4 Å². The lowest BCUT2D eigenvalue weighted by Gasteiger charge is -2.42. The Kier molecular flexibility index (Phi) is 2.65. The molecule has 2 aliphatic heterocycles. The number of Topliss-reactive ketones (excluding diaryl/α,β-unsaturated/α-hetero) is 1. The molecule has 0 atom stereocenters. The summed E-state index contributed by atoms with van der Waals surface area (Å²) in [5.74, 6) is 0.211. The molecule has 1 amide bonds. The van der Waals surface area contributed by atoms with Gasteiger partial charge in [-0.3, -0.25) is 4.79 Å². The minimum absolute atomic E-state index is 0.211.